The monoisotopic (exact) mass is 488 g/mol. The molecule has 0 saturated heterocycles. The molecule has 1 N–H and O–H groups in total. The van der Waals surface area contributed by atoms with Crippen LogP contribution in [0.4, 0.5) is 4.39 Å². The van der Waals surface area contributed by atoms with Crippen LogP contribution in [0, 0.1) is 33.5 Å². The van der Waals surface area contributed by atoms with Crippen molar-refractivity contribution in [3.63, 3.8) is 0 Å². The number of ether oxygens (including phenoxy) is 1. The summed E-state index contributed by atoms with van der Waals surface area (Å²) in [6, 6.07) is 11.7. The summed E-state index contributed by atoms with van der Waals surface area (Å²) in [5.74, 6) is 0.709. The molecule has 0 aliphatic heterocycles. The van der Waals surface area contributed by atoms with E-state index in [0.717, 1.165) is 22.3 Å². The van der Waals surface area contributed by atoms with Crippen molar-refractivity contribution in [1.29, 1.82) is 0 Å². The first-order valence-corrected chi connectivity index (χ1v) is 11.6. The number of benzene rings is 2. The summed E-state index contributed by atoms with van der Waals surface area (Å²) in [5.41, 5.74) is 3.60. The highest BCUT2D eigenvalue weighted by atomic mass is 19.1. The van der Waals surface area contributed by atoms with E-state index in [1.165, 1.54) is 12.1 Å². The van der Waals surface area contributed by atoms with Crippen molar-refractivity contribution in [1.82, 2.24) is 19.5 Å². The van der Waals surface area contributed by atoms with Gasteiger partial charge in [-0.15, -0.1) is 0 Å². The molecule has 0 aliphatic rings. The third-order valence-corrected chi connectivity index (χ3v) is 5.96. The van der Waals surface area contributed by atoms with Gasteiger partial charge in [0.2, 0.25) is 5.88 Å². The van der Waals surface area contributed by atoms with Gasteiger partial charge < -0.3 is 9.84 Å². The third kappa shape index (κ3) is 5.04. The van der Waals surface area contributed by atoms with Crippen LogP contribution in [0.3, 0.4) is 0 Å². The molecule has 0 saturated carbocycles. The van der Waals surface area contributed by atoms with Crippen LogP contribution >= 0.6 is 0 Å². The molecule has 0 aliphatic carbocycles. The maximum atomic E-state index is 13.5. The Kier molecular flexibility index (Phi) is 6.73. The lowest BCUT2D eigenvalue weighted by Gasteiger charge is -2.19. The Hall–Kier alpha value is -3.91. The molecule has 0 fully saturated rings. The summed E-state index contributed by atoms with van der Waals surface area (Å²) in [4.78, 5) is 26.9. The smallest absolute Gasteiger partial charge is 0.264 e. The van der Waals surface area contributed by atoms with Gasteiger partial charge in [0.25, 0.3) is 5.56 Å². The van der Waals surface area contributed by atoms with Gasteiger partial charge in [-0.1, -0.05) is 24.3 Å². The van der Waals surface area contributed by atoms with E-state index in [-0.39, 0.29) is 23.9 Å². The molecule has 8 heteroatoms. The molecule has 2 heterocycles. The number of hydrogen-bond acceptors (Lipinski definition) is 6. The zero-order chi connectivity index (χ0) is 26.2. The molecule has 7 nitrogen and oxygen atoms in total. The fraction of sp³-hybridized carbons (Fsp3) is 0.286. The van der Waals surface area contributed by atoms with Gasteiger partial charge >= 0.3 is 0 Å². The summed E-state index contributed by atoms with van der Waals surface area (Å²) in [5, 5.41) is 10.4. The zero-order valence-electron chi connectivity index (χ0n) is 21.3. The van der Waals surface area contributed by atoms with Crippen molar-refractivity contribution in [2.75, 3.05) is 0 Å². The maximum absolute atomic E-state index is 13.5. The molecular weight excluding hydrogens is 459 g/mol. The standard InChI is InChI=1S/C28H29FN4O3/c1-16-7-10-21(24-17(2)14-30-27(32-24)28(5,6)35)13-23(16)33-19(4)31-25(18(3)26(33)34)36-15-20-8-11-22(29)12-9-20/h7-14,35H,15H2,1-6H3. The molecule has 0 unspecified atom stereocenters. The van der Waals surface area contributed by atoms with Gasteiger partial charge in [-0.3, -0.25) is 9.36 Å². The molecule has 4 aromatic rings. The maximum Gasteiger partial charge on any atom is 0.264 e. The van der Waals surface area contributed by atoms with Gasteiger partial charge in [-0.2, -0.15) is 4.98 Å². The molecule has 36 heavy (non-hydrogen) atoms. The van der Waals surface area contributed by atoms with E-state index in [0.29, 0.717) is 28.6 Å². The number of aryl methyl sites for hydroxylation is 3. The second kappa shape index (κ2) is 9.62. The highest BCUT2D eigenvalue weighted by molar-refractivity contribution is 5.67. The number of halogens is 1. The minimum atomic E-state index is -1.19. The van der Waals surface area contributed by atoms with E-state index in [9.17, 15) is 14.3 Å². The van der Waals surface area contributed by atoms with Crippen LogP contribution in [0.2, 0.25) is 0 Å². The van der Waals surface area contributed by atoms with Crippen molar-refractivity contribution in [2.24, 2.45) is 0 Å². The normalized spacial score (nSPS) is 11.6. The second-order valence-electron chi connectivity index (χ2n) is 9.43. The minimum Gasteiger partial charge on any atom is -0.472 e. The SMILES string of the molecule is Cc1ccc(-c2nc(C(C)(C)O)ncc2C)cc1-n1c(C)nc(OCc2ccc(F)cc2)c(C)c1=O. The minimum absolute atomic E-state index is 0.169. The molecule has 2 aromatic carbocycles. The molecule has 4 rings (SSSR count). The second-order valence-corrected chi connectivity index (χ2v) is 9.43. The predicted octanol–water partition coefficient (Wildman–Crippen LogP) is 4.87. The van der Waals surface area contributed by atoms with Crippen LogP contribution in [0.5, 0.6) is 5.88 Å². The highest BCUT2D eigenvalue weighted by Gasteiger charge is 2.22. The molecule has 186 valence electrons. The van der Waals surface area contributed by atoms with Crippen LogP contribution in [0.25, 0.3) is 16.9 Å². The average Bonchev–Trinajstić information content (AvgIpc) is 2.82. The molecule has 0 bridgehead atoms. The van der Waals surface area contributed by atoms with Gasteiger partial charge in [0.15, 0.2) is 5.82 Å². The topological polar surface area (TPSA) is 90.1 Å². The van der Waals surface area contributed by atoms with E-state index in [1.807, 2.05) is 32.0 Å². The number of aliphatic hydroxyl groups is 1. The van der Waals surface area contributed by atoms with Crippen LogP contribution in [0.1, 0.15) is 47.8 Å². The van der Waals surface area contributed by atoms with Gasteiger partial charge in [-0.05, 0) is 76.4 Å². The Morgan fingerprint density at radius 3 is 2.36 bits per heavy atom. The third-order valence-electron chi connectivity index (χ3n) is 5.96. The van der Waals surface area contributed by atoms with E-state index in [4.69, 9.17) is 4.74 Å². The Labute approximate surface area is 209 Å². The van der Waals surface area contributed by atoms with Crippen LogP contribution in [-0.4, -0.2) is 24.6 Å². The summed E-state index contributed by atoms with van der Waals surface area (Å²) in [7, 11) is 0. The fourth-order valence-corrected chi connectivity index (χ4v) is 3.87. The van der Waals surface area contributed by atoms with Gasteiger partial charge in [0, 0.05) is 11.8 Å². The first-order chi connectivity index (χ1) is 17.0. The van der Waals surface area contributed by atoms with Crippen molar-refractivity contribution in [3.8, 4) is 22.8 Å². The van der Waals surface area contributed by atoms with E-state index < -0.39 is 5.60 Å². The molecule has 0 atom stereocenters. The number of rotatable bonds is 6. The number of nitrogens with zero attached hydrogens (tertiary/aromatic N) is 4. The summed E-state index contributed by atoms with van der Waals surface area (Å²) < 4.78 is 20.5. The quantitative estimate of drug-likeness (QED) is 0.417. The Bertz CT molecular complexity index is 1490. The van der Waals surface area contributed by atoms with Crippen molar-refractivity contribution >= 4 is 0 Å². The molecule has 0 radical (unpaired) electrons. The highest BCUT2D eigenvalue weighted by Crippen LogP contribution is 2.28. The first kappa shape index (κ1) is 25.2. The van der Waals surface area contributed by atoms with Gasteiger partial charge in [-0.25, -0.2) is 14.4 Å². The lowest BCUT2D eigenvalue weighted by atomic mass is 10.0. The fourth-order valence-electron chi connectivity index (χ4n) is 3.87. The average molecular weight is 489 g/mol. The predicted molar refractivity (Wildman–Crippen MR) is 136 cm³/mol. The van der Waals surface area contributed by atoms with E-state index in [1.54, 1.807) is 50.6 Å². The van der Waals surface area contributed by atoms with Crippen molar-refractivity contribution in [3.05, 3.63) is 98.7 Å². The molecule has 0 amide bonds. The lowest BCUT2D eigenvalue weighted by Crippen LogP contribution is -2.26. The summed E-state index contributed by atoms with van der Waals surface area (Å²) >= 11 is 0. The van der Waals surface area contributed by atoms with E-state index >= 15 is 0 Å². The van der Waals surface area contributed by atoms with Gasteiger partial charge in [0.1, 0.15) is 23.8 Å². The first-order valence-electron chi connectivity index (χ1n) is 11.6. The van der Waals surface area contributed by atoms with Crippen LogP contribution in [0.15, 0.2) is 53.5 Å². The Morgan fingerprint density at radius 1 is 1.00 bits per heavy atom. The van der Waals surface area contributed by atoms with Crippen molar-refractivity contribution in [2.45, 2.75) is 53.8 Å². The number of hydrogen-bond donors (Lipinski definition) is 1. The molecular formula is C28H29FN4O3. The van der Waals surface area contributed by atoms with Crippen LogP contribution < -0.4 is 10.3 Å². The molecule has 0 spiro atoms. The van der Waals surface area contributed by atoms with Gasteiger partial charge in [0.05, 0.1) is 16.9 Å². The van der Waals surface area contributed by atoms with Crippen LogP contribution in [-0.2, 0) is 12.2 Å². The number of aromatic nitrogens is 4. The largest absolute Gasteiger partial charge is 0.472 e. The lowest BCUT2D eigenvalue weighted by molar-refractivity contribution is 0.0688. The Morgan fingerprint density at radius 2 is 1.69 bits per heavy atom. The van der Waals surface area contributed by atoms with E-state index in [2.05, 4.69) is 15.0 Å². The molecule has 2 aromatic heterocycles. The summed E-state index contributed by atoms with van der Waals surface area (Å²) in [6.45, 7) is 10.7. The summed E-state index contributed by atoms with van der Waals surface area (Å²) in [6.07, 6.45) is 1.69. The zero-order valence-corrected chi connectivity index (χ0v) is 21.3. The van der Waals surface area contributed by atoms with Crippen molar-refractivity contribution < 1.29 is 14.2 Å². The Balaban J connectivity index is 1.75.